The van der Waals surface area contributed by atoms with Gasteiger partial charge in [-0.3, -0.25) is 14.2 Å². The van der Waals surface area contributed by atoms with Crippen LogP contribution in [0.1, 0.15) is 37.0 Å². The number of carbonyl (C=O) groups excluding carboxylic acids is 1. The van der Waals surface area contributed by atoms with Gasteiger partial charge in [-0.05, 0) is 49.7 Å². The normalized spacial score (nSPS) is 12.1. The first-order valence-corrected chi connectivity index (χ1v) is 10.3. The standard InChI is InChI=1S/C22H24N2O3S/c1-4-5-14-24-21(26)18-8-6-7-9-19(18)23-22(24)28-15(2)20(25)16-10-12-17(27-3)13-11-16/h6-13,15H,4-5,14H2,1-3H3/t15-/m0/s1. The van der Waals surface area contributed by atoms with Crippen molar-refractivity contribution in [2.45, 2.75) is 43.6 Å². The summed E-state index contributed by atoms with van der Waals surface area (Å²) in [4.78, 5) is 30.5. The Kier molecular flexibility index (Phi) is 6.52. The van der Waals surface area contributed by atoms with Gasteiger partial charge in [0.15, 0.2) is 10.9 Å². The number of hydrogen-bond acceptors (Lipinski definition) is 5. The number of para-hydroxylation sites is 1. The fraction of sp³-hybridized carbons (Fsp3) is 0.318. The van der Waals surface area contributed by atoms with Gasteiger partial charge in [-0.25, -0.2) is 4.98 Å². The lowest BCUT2D eigenvalue weighted by molar-refractivity contribution is 0.0994. The van der Waals surface area contributed by atoms with Crippen LogP contribution in [0.2, 0.25) is 0 Å². The van der Waals surface area contributed by atoms with Crippen LogP contribution < -0.4 is 10.3 Å². The molecule has 1 atom stereocenters. The van der Waals surface area contributed by atoms with Crippen LogP contribution in [0.3, 0.4) is 0 Å². The molecule has 0 aliphatic rings. The molecule has 0 amide bonds. The van der Waals surface area contributed by atoms with Crippen LogP contribution in [0, 0.1) is 0 Å². The molecule has 0 unspecified atom stereocenters. The van der Waals surface area contributed by atoms with Gasteiger partial charge in [0.25, 0.3) is 5.56 Å². The molecule has 3 rings (SSSR count). The van der Waals surface area contributed by atoms with Crippen LogP contribution in [0.15, 0.2) is 58.5 Å². The summed E-state index contributed by atoms with van der Waals surface area (Å²) in [5.41, 5.74) is 1.22. The van der Waals surface area contributed by atoms with Crippen molar-refractivity contribution in [1.29, 1.82) is 0 Å². The van der Waals surface area contributed by atoms with E-state index in [0.717, 1.165) is 12.8 Å². The fourth-order valence-electron chi connectivity index (χ4n) is 2.95. The molecule has 0 fully saturated rings. The average molecular weight is 397 g/mol. The number of hydrogen-bond donors (Lipinski definition) is 0. The fourth-order valence-corrected chi connectivity index (χ4v) is 3.96. The molecule has 0 saturated carbocycles. The van der Waals surface area contributed by atoms with E-state index in [9.17, 15) is 9.59 Å². The number of rotatable bonds is 8. The van der Waals surface area contributed by atoms with Crippen LogP contribution in [0.25, 0.3) is 10.9 Å². The third-order valence-corrected chi connectivity index (χ3v) is 5.68. The van der Waals surface area contributed by atoms with Crippen molar-refractivity contribution in [2.75, 3.05) is 7.11 Å². The largest absolute Gasteiger partial charge is 0.497 e. The second-order valence-corrected chi connectivity index (χ2v) is 7.88. The SMILES string of the molecule is CCCCn1c(S[C@@H](C)C(=O)c2ccc(OC)cc2)nc2ccccc2c1=O. The number of ether oxygens (including phenoxy) is 1. The Balaban J connectivity index is 1.92. The first kappa shape index (κ1) is 20.1. The van der Waals surface area contributed by atoms with Crippen molar-refractivity contribution in [3.05, 3.63) is 64.4 Å². The lowest BCUT2D eigenvalue weighted by Gasteiger charge is -2.16. The Morgan fingerprint density at radius 1 is 1.18 bits per heavy atom. The van der Waals surface area contributed by atoms with Crippen LogP contribution in [-0.4, -0.2) is 27.7 Å². The van der Waals surface area contributed by atoms with E-state index in [-0.39, 0.29) is 16.6 Å². The topological polar surface area (TPSA) is 61.2 Å². The lowest BCUT2D eigenvalue weighted by atomic mass is 10.1. The molecule has 28 heavy (non-hydrogen) atoms. The molecular weight excluding hydrogens is 372 g/mol. The highest BCUT2D eigenvalue weighted by Crippen LogP contribution is 2.26. The number of aromatic nitrogens is 2. The molecule has 1 heterocycles. The Bertz CT molecular complexity index is 1030. The summed E-state index contributed by atoms with van der Waals surface area (Å²) in [6, 6.07) is 14.4. The Labute approximate surface area is 168 Å². The molecule has 0 bridgehead atoms. The molecule has 0 N–H and O–H groups in total. The zero-order valence-electron chi connectivity index (χ0n) is 16.3. The lowest BCUT2D eigenvalue weighted by Crippen LogP contribution is -2.25. The highest BCUT2D eigenvalue weighted by Gasteiger charge is 2.20. The summed E-state index contributed by atoms with van der Waals surface area (Å²) in [6.45, 7) is 4.53. The van der Waals surface area contributed by atoms with Crippen molar-refractivity contribution >= 4 is 28.4 Å². The Morgan fingerprint density at radius 2 is 1.89 bits per heavy atom. The van der Waals surface area contributed by atoms with Crippen LogP contribution >= 0.6 is 11.8 Å². The number of methoxy groups -OCH3 is 1. The van der Waals surface area contributed by atoms with Gasteiger partial charge in [0.05, 0.1) is 23.3 Å². The van der Waals surface area contributed by atoms with E-state index in [1.54, 1.807) is 42.0 Å². The first-order chi connectivity index (χ1) is 13.5. The summed E-state index contributed by atoms with van der Waals surface area (Å²) in [7, 11) is 1.59. The summed E-state index contributed by atoms with van der Waals surface area (Å²) in [5, 5.41) is 0.831. The third-order valence-electron chi connectivity index (χ3n) is 4.59. The first-order valence-electron chi connectivity index (χ1n) is 9.39. The smallest absolute Gasteiger partial charge is 0.262 e. The molecule has 146 valence electrons. The van der Waals surface area contributed by atoms with Gasteiger partial charge in [0.1, 0.15) is 5.75 Å². The van der Waals surface area contributed by atoms with Gasteiger partial charge in [0.2, 0.25) is 0 Å². The van der Waals surface area contributed by atoms with Gasteiger partial charge in [-0.1, -0.05) is 37.2 Å². The predicted octanol–water partition coefficient (Wildman–Crippen LogP) is 4.57. The van der Waals surface area contributed by atoms with E-state index in [4.69, 9.17) is 4.74 Å². The van der Waals surface area contributed by atoms with Gasteiger partial charge in [-0.15, -0.1) is 0 Å². The predicted molar refractivity (Wildman–Crippen MR) is 114 cm³/mol. The number of ketones is 1. The van der Waals surface area contributed by atoms with E-state index in [2.05, 4.69) is 11.9 Å². The Morgan fingerprint density at radius 3 is 2.57 bits per heavy atom. The number of fused-ring (bicyclic) bond motifs is 1. The molecule has 0 aliphatic carbocycles. The number of thioether (sulfide) groups is 1. The summed E-state index contributed by atoms with van der Waals surface area (Å²) in [5.74, 6) is 0.707. The van der Waals surface area contributed by atoms with E-state index in [0.29, 0.717) is 33.9 Å². The van der Waals surface area contributed by atoms with Crippen molar-refractivity contribution in [3.63, 3.8) is 0 Å². The van der Waals surface area contributed by atoms with Gasteiger partial charge >= 0.3 is 0 Å². The van der Waals surface area contributed by atoms with Crippen molar-refractivity contribution in [1.82, 2.24) is 9.55 Å². The minimum atomic E-state index is -0.366. The maximum absolute atomic E-state index is 13.0. The van der Waals surface area contributed by atoms with E-state index in [1.165, 1.54) is 11.8 Å². The maximum Gasteiger partial charge on any atom is 0.262 e. The Hall–Kier alpha value is -2.60. The number of Topliss-reactive ketones (excluding diaryl/α,β-unsaturated/α-hetero) is 1. The number of nitrogens with zero attached hydrogens (tertiary/aromatic N) is 2. The second-order valence-electron chi connectivity index (χ2n) is 6.57. The number of benzene rings is 2. The molecule has 1 aromatic heterocycles. The monoisotopic (exact) mass is 396 g/mol. The number of unbranched alkanes of at least 4 members (excludes halogenated alkanes) is 1. The van der Waals surface area contributed by atoms with Crippen LogP contribution in [0.5, 0.6) is 5.75 Å². The van der Waals surface area contributed by atoms with Gasteiger partial charge < -0.3 is 4.74 Å². The van der Waals surface area contributed by atoms with Crippen molar-refractivity contribution in [3.8, 4) is 5.75 Å². The summed E-state index contributed by atoms with van der Waals surface area (Å²) >= 11 is 1.33. The van der Waals surface area contributed by atoms with Crippen LogP contribution in [-0.2, 0) is 6.54 Å². The molecule has 3 aromatic rings. The molecule has 0 aliphatic heterocycles. The zero-order chi connectivity index (χ0) is 20.1. The highest BCUT2D eigenvalue weighted by molar-refractivity contribution is 8.00. The third kappa shape index (κ3) is 4.28. The summed E-state index contributed by atoms with van der Waals surface area (Å²) < 4.78 is 6.85. The van der Waals surface area contributed by atoms with Crippen molar-refractivity contribution in [2.24, 2.45) is 0 Å². The van der Waals surface area contributed by atoms with Crippen molar-refractivity contribution < 1.29 is 9.53 Å². The van der Waals surface area contributed by atoms with Gasteiger partial charge in [0, 0.05) is 12.1 Å². The minimum Gasteiger partial charge on any atom is -0.497 e. The van der Waals surface area contributed by atoms with E-state index in [1.807, 2.05) is 25.1 Å². The molecule has 0 radical (unpaired) electrons. The molecule has 2 aromatic carbocycles. The van der Waals surface area contributed by atoms with E-state index >= 15 is 0 Å². The van der Waals surface area contributed by atoms with Gasteiger partial charge in [-0.2, -0.15) is 0 Å². The van der Waals surface area contributed by atoms with E-state index < -0.39 is 0 Å². The maximum atomic E-state index is 13.0. The highest BCUT2D eigenvalue weighted by atomic mass is 32.2. The average Bonchev–Trinajstić information content (AvgIpc) is 2.73. The quantitative estimate of drug-likeness (QED) is 0.317. The molecule has 5 nitrogen and oxygen atoms in total. The molecule has 6 heteroatoms. The molecular formula is C22H24N2O3S. The van der Waals surface area contributed by atoms with Crippen LogP contribution in [0.4, 0.5) is 0 Å². The second kappa shape index (κ2) is 9.06. The molecule has 0 spiro atoms. The molecule has 0 saturated heterocycles. The number of carbonyl (C=O) groups is 1. The zero-order valence-corrected chi connectivity index (χ0v) is 17.2. The summed E-state index contributed by atoms with van der Waals surface area (Å²) in [6.07, 6.45) is 1.86. The minimum absolute atomic E-state index is 0.00268.